The zero-order chi connectivity index (χ0) is 30.8. The molecule has 6 rings (SSSR count). The Bertz CT molecular complexity index is 1300. The predicted molar refractivity (Wildman–Crippen MR) is 174 cm³/mol. The Morgan fingerprint density at radius 2 is 1.69 bits per heavy atom. The van der Waals surface area contributed by atoms with Crippen LogP contribution in [0.3, 0.4) is 0 Å². The van der Waals surface area contributed by atoms with Gasteiger partial charge in [0.05, 0.1) is 42.5 Å². The minimum absolute atomic E-state index is 0.167. The number of alkyl halides is 3. The number of fused-ring (bicyclic) bond motifs is 1. The Balaban J connectivity index is 0.000000473. The van der Waals surface area contributed by atoms with Crippen molar-refractivity contribution in [2.45, 2.75) is 57.4 Å². The van der Waals surface area contributed by atoms with Crippen LogP contribution in [0.15, 0.2) is 47.5 Å². The first-order valence-corrected chi connectivity index (χ1v) is 17.6. The summed E-state index contributed by atoms with van der Waals surface area (Å²) in [6.45, 7) is 11.3. The van der Waals surface area contributed by atoms with Crippen LogP contribution in [0.2, 0.25) is 5.02 Å². The standard InChI is InChI=1S/C23H24ClF2N3O3S.C5H10.C2H6.CH3Br/c1-31-22-5-3-17(11-21(22)28-8-6-27(7-9-28)16-13-32-14-16)33(30)29-12-19(23(25)26)18-4-2-15(24)10-20(18)29;1-5-3-2-4-5;2*1-2/h2-5,10-12,16,23H,6-9,13-14H2,1H3;5H,2-4H2,1H3;1-2H3;1H3. The van der Waals surface area contributed by atoms with Gasteiger partial charge in [0.15, 0.2) is 11.0 Å². The largest absolute Gasteiger partial charge is 0.495 e. The molecule has 2 saturated heterocycles. The Hall–Kier alpha value is -1.72. The zero-order valence-corrected chi connectivity index (χ0v) is 28.3. The Kier molecular flexibility index (Phi) is 14.0. The summed E-state index contributed by atoms with van der Waals surface area (Å²) in [5.41, 5.74) is 1.08. The van der Waals surface area contributed by atoms with Crippen molar-refractivity contribution in [2.75, 3.05) is 57.2 Å². The lowest BCUT2D eigenvalue weighted by Crippen LogP contribution is -2.56. The van der Waals surface area contributed by atoms with Crippen molar-refractivity contribution in [1.82, 2.24) is 8.87 Å². The molecule has 234 valence electrons. The van der Waals surface area contributed by atoms with Crippen LogP contribution in [0.5, 0.6) is 5.75 Å². The van der Waals surface area contributed by atoms with Crippen LogP contribution in [-0.2, 0) is 15.7 Å². The van der Waals surface area contributed by atoms with E-state index in [-0.39, 0.29) is 5.56 Å². The van der Waals surface area contributed by atoms with Gasteiger partial charge in [-0.1, -0.05) is 73.6 Å². The molecule has 2 aromatic carbocycles. The van der Waals surface area contributed by atoms with Gasteiger partial charge in [-0.2, -0.15) is 0 Å². The maximum Gasteiger partial charge on any atom is 0.265 e. The average Bonchev–Trinajstić information content (AvgIpc) is 3.36. The number of hydrogen-bond donors (Lipinski definition) is 0. The first-order valence-electron chi connectivity index (χ1n) is 14.5. The number of anilines is 1. The van der Waals surface area contributed by atoms with E-state index in [9.17, 15) is 13.0 Å². The van der Waals surface area contributed by atoms with Crippen LogP contribution in [-0.4, -0.2) is 71.5 Å². The summed E-state index contributed by atoms with van der Waals surface area (Å²) in [6.07, 6.45) is 3.03. The highest BCUT2D eigenvalue weighted by Gasteiger charge is 2.30. The van der Waals surface area contributed by atoms with Crippen LogP contribution < -0.4 is 9.64 Å². The van der Waals surface area contributed by atoms with Crippen LogP contribution >= 0.6 is 27.5 Å². The third-order valence-corrected chi connectivity index (χ3v) is 9.27. The van der Waals surface area contributed by atoms with Gasteiger partial charge in [-0.05, 0) is 42.1 Å². The third-order valence-electron chi connectivity index (χ3n) is 7.72. The lowest BCUT2D eigenvalue weighted by molar-refractivity contribution is -0.0660. The van der Waals surface area contributed by atoms with E-state index < -0.39 is 17.4 Å². The van der Waals surface area contributed by atoms with Crippen molar-refractivity contribution in [2.24, 2.45) is 5.92 Å². The van der Waals surface area contributed by atoms with Gasteiger partial charge >= 0.3 is 0 Å². The SMILES string of the molecule is CBr.CC.CC1CCC1.COc1ccc(S(=O)n2cc(C(F)F)c3ccc(Cl)cc32)cc1N1CCN(C2COC2)CC1. The molecule has 0 bridgehead atoms. The third kappa shape index (κ3) is 8.25. The molecule has 0 amide bonds. The van der Waals surface area contributed by atoms with Crippen molar-refractivity contribution in [3.05, 3.63) is 53.2 Å². The van der Waals surface area contributed by atoms with E-state index in [1.807, 2.05) is 25.7 Å². The molecule has 0 radical (unpaired) electrons. The molecular weight excluding hydrogens is 648 g/mol. The summed E-state index contributed by atoms with van der Waals surface area (Å²) in [5.74, 6) is 3.56. The smallest absolute Gasteiger partial charge is 0.265 e. The number of aromatic nitrogens is 1. The Morgan fingerprint density at radius 3 is 2.19 bits per heavy atom. The van der Waals surface area contributed by atoms with Crippen LogP contribution in [0.25, 0.3) is 10.9 Å². The molecule has 1 aliphatic carbocycles. The Morgan fingerprint density at radius 1 is 1.05 bits per heavy atom. The van der Waals surface area contributed by atoms with E-state index in [4.69, 9.17) is 21.1 Å². The van der Waals surface area contributed by atoms with Crippen molar-refractivity contribution < 1.29 is 22.5 Å². The molecular formula is C31H43BrClF2N3O3S. The molecule has 3 aromatic rings. The Labute approximate surface area is 265 Å². The molecule has 6 nitrogen and oxygen atoms in total. The van der Waals surface area contributed by atoms with E-state index in [2.05, 4.69) is 32.7 Å². The number of hydrogen-bond acceptors (Lipinski definition) is 5. The van der Waals surface area contributed by atoms with E-state index in [0.29, 0.717) is 32.6 Å². The lowest BCUT2D eigenvalue weighted by Gasteiger charge is -2.43. The summed E-state index contributed by atoms with van der Waals surface area (Å²) in [6, 6.07) is 10.5. The molecule has 3 heterocycles. The molecule has 1 saturated carbocycles. The molecule has 1 unspecified atom stereocenters. The summed E-state index contributed by atoms with van der Waals surface area (Å²) >= 11 is 9.05. The van der Waals surface area contributed by atoms with Gasteiger partial charge in [0.2, 0.25) is 0 Å². The second-order valence-electron chi connectivity index (χ2n) is 10.2. The van der Waals surface area contributed by atoms with Crippen LogP contribution in [0.4, 0.5) is 14.5 Å². The number of methoxy groups -OCH3 is 1. The van der Waals surface area contributed by atoms with E-state index >= 15 is 0 Å². The highest BCUT2D eigenvalue weighted by atomic mass is 79.9. The molecule has 0 spiro atoms. The average molecular weight is 691 g/mol. The molecule has 0 N–H and O–H groups in total. The topological polar surface area (TPSA) is 46.9 Å². The molecule has 3 fully saturated rings. The number of ether oxygens (including phenoxy) is 2. The highest BCUT2D eigenvalue weighted by Crippen LogP contribution is 2.35. The van der Waals surface area contributed by atoms with Crippen molar-refractivity contribution in [1.29, 1.82) is 0 Å². The van der Waals surface area contributed by atoms with E-state index in [1.165, 1.54) is 29.4 Å². The molecule has 1 aromatic heterocycles. The number of piperazine rings is 1. The van der Waals surface area contributed by atoms with Crippen LogP contribution in [0, 0.1) is 5.92 Å². The molecule has 11 heteroatoms. The fraction of sp³-hybridized carbons (Fsp3) is 0.548. The molecule has 42 heavy (non-hydrogen) atoms. The first-order chi connectivity index (χ1) is 20.4. The number of benzene rings is 2. The molecule has 3 aliphatic rings. The zero-order valence-electron chi connectivity index (χ0n) is 25.1. The van der Waals surface area contributed by atoms with Gasteiger partial charge in [0.25, 0.3) is 6.43 Å². The summed E-state index contributed by atoms with van der Waals surface area (Å²) < 4.78 is 53.0. The lowest BCUT2D eigenvalue weighted by atomic mass is 9.88. The maximum atomic E-state index is 13.6. The summed E-state index contributed by atoms with van der Waals surface area (Å²) in [7, 11) is -0.136. The first kappa shape index (κ1) is 34.8. The minimum Gasteiger partial charge on any atom is -0.495 e. The second-order valence-corrected chi connectivity index (χ2v) is 12.0. The van der Waals surface area contributed by atoms with Crippen molar-refractivity contribution in [3.63, 3.8) is 0 Å². The fourth-order valence-electron chi connectivity index (χ4n) is 5.02. The van der Waals surface area contributed by atoms with Gasteiger partial charge in [0, 0.05) is 48.3 Å². The number of halogens is 4. The van der Waals surface area contributed by atoms with E-state index in [0.717, 1.165) is 51.0 Å². The van der Waals surface area contributed by atoms with Gasteiger partial charge < -0.3 is 14.4 Å². The van der Waals surface area contributed by atoms with E-state index in [1.54, 1.807) is 37.4 Å². The number of rotatable bonds is 6. The van der Waals surface area contributed by atoms with Gasteiger partial charge in [-0.25, -0.2) is 13.0 Å². The monoisotopic (exact) mass is 689 g/mol. The maximum absolute atomic E-state index is 13.6. The van der Waals surface area contributed by atoms with Crippen molar-refractivity contribution >= 4 is 55.1 Å². The van der Waals surface area contributed by atoms with Crippen molar-refractivity contribution in [3.8, 4) is 5.75 Å². The van der Waals surface area contributed by atoms with Gasteiger partial charge in [0.1, 0.15) is 5.75 Å². The molecule has 2 aliphatic heterocycles. The summed E-state index contributed by atoms with van der Waals surface area (Å²) in [4.78, 5) is 5.14. The second kappa shape index (κ2) is 16.9. The van der Waals surface area contributed by atoms with Crippen LogP contribution in [0.1, 0.15) is 52.0 Å². The predicted octanol–water partition coefficient (Wildman–Crippen LogP) is 8.18. The minimum atomic E-state index is -2.68. The van der Waals surface area contributed by atoms with Gasteiger partial charge in [-0.15, -0.1) is 0 Å². The highest BCUT2D eigenvalue weighted by molar-refractivity contribution is 9.08. The normalized spacial score (nSPS) is 18.0. The fourth-order valence-corrected chi connectivity index (χ4v) is 6.35. The quantitative estimate of drug-likeness (QED) is 0.244. The summed E-state index contributed by atoms with van der Waals surface area (Å²) in [5, 5.41) is 0.734. The van der Waals surface area contributed by atoms with Gasteiger partial charge in [-0.3, -0.25) is 8.87 Å². The molecule has 1 atom stereocenters. The number of nitrogens with zero attached hydrogens (tertiary/aromatic N) is 3.